The van der Waals surface area contributed by atoms with E-state index in [0.717, 1.165) is 5.56 Å². The third-order valence-corrected chi connectivity index (χ3v) is 3.36. The maximum Gasteiger partial charge on any atom is 0.205 e. The molecule has 0 saturated carbocycles. The van der Waals surface area contributed by atoms with E-state index in [9.17, 15) is 14.4 Å². The molecule has 3 aromatic rings. The van der Waals surface area contributed by atoms with Gasteiger partial charge in [-0.25, -0.2) is 4.39 Å². The molecule has 0 spiro atoms. The van der Waals surface area contributed by atoms with Crippen LogP contribution in [0.15, 0.2) is 60.3 Å². The van der Waals surface area contributed by atoms with Gasteiger partial charge in [-0.2, -0.15) is 5.26 Å². The molecule has 3 rings (SSSR count). The molecule has 0 bridgehead atoms. The number of ketones is 1. The standard InChI is InChI=1S/C18H11FN2O/c19-14-6-7-15-16(11-21-17(15)9-14)18(22)13(10-20)8-12-4-2-1-3-5-12/h1-9,11,21H/b13-8-. The quantitative estimate of drug-likeness (QED) is 0.448. The zero-order chi connectivity index (χ0) is 15.5. The van der Waals surface area contributed by atoms with Crippen LogP contribution in [0.4, 0.5) is 4.39 Å². The van der Waals surface area contributed by atoms with Crippen molar-refractivity contribution in [3.8, 4) is 6.07 Å². The number of nitrogens with one attached hydrogen (secondary N) is 1. The molecule has 0 aliphatic heterocycles. The van der Waals surface area contributed by atoms with Crippen molar-refractivity contribution in [2.24, 2.45) is 0 Å². The molecule has 0 aliphatic carbocycles. The van der Waals surface area contributed by atoms with Crippen molar-refractivity contribution in [3.63, 3.8) is 0 Å². The van der Waals surface area contributed by atoms with Crippen LogP contribution in [0.25, 0.3) is 17.0 Å². The lowest BCUT2D eigenvalue weighted by atomic mass is 10.0. The van der Waals surface area contributed by atoms with E-state index in [1.807, 2.05) is 36.4 Å². The van der Waals surface area contributed by atoms with Gasteiger partial charge in [0.25, 0.3) is 0 Å². The van der Waals surface area contributed by atoms with Crippen molar-refractivity contribution in [3.05, 3.63) is 77.2 Å². The Hall–Kier alpha value is -3.19. The Labute approximate surface area is 126 Å². The fourth-order valence-corrected chi connectivity index (χ4v) is 2.30. The highest BCUT2D eigenvalue weighted by atomic mass is 19.1. The molecule has 3 nitrogen and oxygen atoms in total. The van der Waals surface area contributed by atoms with Crippen molar-refractivity contribution in [1.82, 2.24) is 4.98 Å². The summed E-state index contributed by atoms with van der Waals surface area (Å²) in [5.41, 5.74) is 1.70. The van der Waals surface area contributed by atoms with Gasteiger partial charge in [-0.1, -0.05) is 30.3 Å². The van der Waals surface area contributed by atoms with Crippen LogP contribution in [-0.2, 0) is 0 Å². The van der Waals surface area contributed by atoms with Crippen LogP contribution in [0.5, 0.6) is 0 Å². The van der Waals surface area contributed by atoms with E-state index in [1.54, 1.807) is 6.08 Å². The molecule has 0 atom stereocenters. The highest BCUT2D eigenvalue weighted by molar-refractivity contribution is 6.19. The largest absolute Gasteiger partial charge is 0.360 e. The number of nitrogens with zero attached hydrogens (tertiary/aromatic N) is 1. The van der Waals surface area contributed by atoms with Crippen molar-refractivity contribution < 1.29 is 9.18 Å². The molecular weight excluding hydrogens is 279 g/mol. The Morgan fingerprint density at radius 3 is 2.68 bits per heavy atom. The molecule has 1 heterocycles. The summed E-state index contributed by atoms with van der Waals surface area (Å²) in [7, 11) is 0. The van der Waals surface area contributed by atoms with Gasteiger partial charge in [-0.05, 0) is 29.8 Å². The third-order valence-electron chi connectivity index (χ3n) is 3.36. The fraction of sp³-hybridized carbons (Fsp3) is 0. The van der Waals surface area contributed by atoms with Crippen molar-refractivity contribution in [1.29, 1.82) is 5.26 Å². The lowest BCUT2D eigenvalue weighted by Gasteiger charge is -1.99. The van der Waals surface area contributed by atoms with Crippen LogP contribution in [0.1, 0.15) is 15.9 Å². The molecule has 0 aliphatic rings. The number of aromatic amines is 1. The smallest absolute Gasteiger partial charge is 0.205 e. The summed E-state index contributed by atoms with van der Waals surface area (Å²) in [6.45, 7) is 0. The number of hydrogen-bond donors (Lipinski definition) is 1. The van der Waals surface area contributed by atoms with Crippen LogP contribution in [0.2, 0.25) is 0 Å². The predicted molar refractivity (Wildman–Crippen MR) is 82.6 cm³/mol. The predicted octanol–water partition coefficient (Wildman–Crippen LogP) is 4.10. The summed E-state index contributed by atoms with van der Waals surface area (Å²) in [6.07, 6.45) is 3.05. The number of hydrogen-bond acceptors (Lipinski definition) is 2. The molecule has 106 valence electrons. The van der Waals surface area contributed by atoms with Gasteiger partial charge in [0.1, 0.15) is 17.5 Å². The zero-order valence-corrected chi connectivity index (χ0v) is 11.5. The van der Waals surface area contributed by atoms with Crippen LogP contribution in [0.3, 0.4) is 0 Å². The Balaban J connectivity index is 2.04. The third kappa shape index (κ3) is 2.52. The van der Waals surface area contributed by atoms with E-state index in [4.69, 9.17) is 0 Å². The highest BCUT2D eigenvalue weighted by Crippen LogP contribution is 2.22. The van der Waals surface area contributed by atoms with Crippen LogP contribution in [0, 0.1) is 17.1 Å². The maximum atomic E-state index is 13.2. The molecule has 0 radical (unpaired) electrons. The summed E-state index contributed by atoms with van der Waals surface area (Å²) in [6, 6.07) is 15.2. The fourth-order valence-electron chi connectivity index (χ4n) is 2.30. The van der Waals surface area contributed by atoms with Gasteiger partial charge in [-0.15, -0.1) is 0 Å². The van der Waals surface area contributed by atoms with Gasteiger partial charge in [0.15, 0.2) is 0 Å². The Morgan fingerprint density at radius 1 is 1.18 bits per heavy atom. The Morgan fingerprint density at radius 2 is 1.95 bits per heavy atom. The lowest BCUT2D eigenvalue weighted by Crippen LogP contribution is -2.01. The van der Waals surface area contributed by atoms with E-state index in [1.165, 1.54) is 24.4 Å². The second-order valence-electron chi connectivity index (χ2n) is 4.80. The van der Waals surface area contributed by atoms with Gasteiger partial charge in [0, 0.05) is 22.7 Å². The first-order valence-corrected chi connectivity index (χ1v) is 6.67. The van der Waals surface area contributed by atoms with Gasteiger partial charge < -0.3 is 4.98 Å². The molecule has 0 amide bonds. The molecular formula is C18H11FN2O. The SMILES string of the molecule is N#C/C(=C/c1ccccc1)C(=O)c1c[nH]c2cc(F)ccc12. The second-order valence-corrected chi connectivity index (χ2v) is 4.80. The minimum absolute atomic E-state index is 0.0384. The van der Waals surface area contributed by atoms with Crippen molar-refractivity contribution in [2.75, 3.05) is 0 Å². The number of carbonyl (C=O) groups excluding carboxylic acids is 1. The number of Topliss-reactive ketones (excluding diaryl/α,β-unsaturated/α-hetero) is 1. The van der Waals surface area contributed by atoms with E-state index in [-0.39, 0.29) is 17.2 Å². The van der Waals surface area contributed by atoms with E-state index in [2.05, 4.69) is 4.98 Å². The molecule has 4 heteroatoms. The van der Waals surface area contributed by atoms with E-state index in [0.29, 0.717) is 16.5 Å². The first-order valence-electron chi connectivity index (χ1n) is 6.67. The summed E-state index contributed by atoms with van der Waals surface area (Å²) in [4.78, 5) is 15.4. The molecule has 0 fully saturated rings. The molecule has 1 N–H and O–H groups in total. The summed E-state index contributed by atoms with van der Waals surface area (Å²) >= 11 is 0. The molecule has 22 heavy (non-hydrogen) atoms. The second kappa shape index (κ2) is 5.66. The van der Waals surface area contributed by atoms with E-state index < -0.39 is 0 Å². The Bertz CT molecular complexity index is 917. The minimum Gasteiger partial charge on any atom is -0.360 e. The number of allylic oxidation sites excluding steroid dienone is 1. The topological polar surface area (TPSA) is 56.6 Å². The normalized spacial score (nSPS) is 11.4. The number of carbonyl (C=O) groups is 1. The molecule has 2 aromatic carbocycles. The van der Waals surface area contributed by atoms with Gasteiger partial charge in [0.2, 0.25) is 5.78 Å². The van der Waals surface area contributed by atoms with Crippen molar-refractivity contribution in [2.45, 2.75) is 0 Å². The summed E-state index contributed by atoms with van der Waals surface area (Å²) in [5, 5.41) is 9.86. The average Bonchev–Trinajstić information content (AvgIpc) is 2.95. The maximum absolute atomic E-state index is 13.2. The average molecular weight is 290 g/mol. The lowest BCUT2D eigenvalue weighted by molar-refractivity contribution is 0.104. The van der Waals surface area contributed by atoms with Gasteiger partial charge in [-0.3, -0.25) is 4.79 Å². The van der Waals surface area contributed by atoms with Gasteiger partial charge >= 0.3 is 0 Å². The number of rotatable bonds is 3. The number of aromatic nitrogens is 1. The number of halogens is 1. The molecule has 0 saturated heterocycles. The number of fused-ring (bicyclic) bond motifs is 1. The van der Waals surface area contributed by atoms with Gasteiger partial charge in [0.05, 0.1) is 0 Å². The number of nitriles is 1. The van der Waals surface area contributed by atoms with Crippen LogP contribution < -0.4 is 0 Å². The molecule has 0 unspecified atom stereocenters. The zero-order valence-electron chi connectivity index (χ0n) is 11.5. The summed E-state index contributed by atoms with van der Waals surface area (Å²) in [5.74, 6) is -0.766. The first-order chi connectivity index (χ1) is 10.7. The summed E-state index contributed by atoms with van der Waals surface area (Å²) < 4.78 is 13.2. The number of H-pyrrole nitrogens is 1. The Kier molecular flexibility index (Phi) is 3.55. The highest BCUT2D eigenvalue weighted by Gasteiger charge is 2.16. The monoisotopic (exact) mass is 290 g/mol. The van der Waals surface area contributed by atoms with Crippen LogP contribution >= 0.6 is 0 Å². The van der Waals surface area contributed by atoms with Crippen molar-refractivity contribution >= 4 is 22.8 Å². The van der Waals surface area contributed by atoms with E-state index >= 15 is 0 Å². The first kappa shape index (κ1) is 13.8. The minimum atomic E-state index is -0.385. The van der Waals surface area contributed by atoms with Crippen LogP contribution in [-0.4, -0.2) is 10.8 Å². The number of benzene rings is 2. The molecule has 1 aromatic heterocycles.